The van der Waals surface area contributed by atoms with E-state index in [0.717, 1.165) is 0 Å². The standard InChI is InChI=1S/C3H5F3O3/c1-2(4,7)9-3(5,6)8/h7-8H,1H3. The van der Waals surface area contributed by atoms with Gasteiger partial charge in [-0.15, -0.1) is 8.78 Å². The Morgan fingerprint density at radius 2 is 1.56 bits per heavy atom. The Kier molecular flexibility index (Phi) is 2.05. The van der Waals surface area contributed by atoms with Crippen LogP contribution in [0.2, 0.25) is 0 Å². The van der Waals surface area contributed by atoms with E-state index in [9.17, 15) is 13.2 Å². The van der Waals surface area contributed by atoms with Crippen molar-refractivity contribution < 1.29 is 28.1 Å². The highest BCUT2D eigenvalue weighted by atomic mass is 19.3. The molecular weight excluding hydrogens is 141 g/mol. The van der Waals surface area contributed by atoms with Crippen molar-refractivity contribution in [1.29, 1.82) is 0 Å². The van der Waals surface area contributed by atoms with E-state index in [1.54, 1.807) is 0 Å². The molecule has 0 saturated carbocycles. The monoisotopic (exact) mass is 146 g/mol. The first-order chi connectivity index (χ1) is 3.71. The molecule has 56 valence electrons. The van der Waals surface area contributed by atoms with E-state index in [4.69, 9.17) is 10.2 Å². The summed E-state index contributed by atoms with van der Waals surface area (Å²) in [5.74, 6) is 0. The Balaban J connectivity index is 3.75. The summed E-state index contributed by atoms with van der Waals surface area (Å²) in [4.78, 5) is 0. The molecule has 0 radical (unpaired) electrons. The van der Waals surface area contributed by atoms with Gasteiger partial charge in [-0.05, 0) is 0 Å². The summed E-state index contributed by atoms with van der Waals surface area (Å²) in [6, 6.07) is -3.52. The average Bonchev–Trinajstić information content (AvgIpc) is 1.14. The highest BCUT2D eigenvalue weighted by Crippen LogP contribution is 2.19. The van der Waals surface area contributed by atoms with Crippen molar-refractivity contribution in [2.45, 2.75) is 19.3 Å². The van der Waals surface area contributed by atoms with Gasteiger partial charge in [0.15, 0.2) is 0 Å². The van der Waals surface area contributed by atoms with Crippen LogP contribution in [0.5, 0.6) is 0 Å². The molecule has 0 aromatic rings. The third-order valence-corrected chi connectivity index (χ3v) is 0.309. The Labute approximate surface area is 48.7 Å². The van der Waals surface area contributed by atoms with Gasteiger partial charge in [-0.2, -0.15) is 4.39 Å². The smallest absolute Gasteiger partial charge is 0.340 e. The second-order valence-electron chi connectivity index (χ2n) is 1.46. The lowest BCUT2D eigenvalue weighted by molar-refractivity contribution is -0.465. The quantitative estimate of drug-likeness (QED) is 0.546. The number of ether oxygens (including phenoxy) is 1. The molecule has 0 aliphatic carbocycles. The first-order valence-electron chi connectivity index (χ1n) is 1.92. The highest BCUT2D eigenvalue weighted by Gasteiger charge is 2.37. The number of rotatable bonds is 2. The SMILES string of the molecule is CC(O)(F)OC(O)(F)F. The average molecular weight is 146 g/mol. The molecule has 0 aromatic carbocycles. The number of hydrogen-bond donors (Lipinski definition) is 2. The maximum atomic E-state index is 11.6. The van der Waals surface area contributed by atoms with Crippen LogP contribution in [0.4, 0.5) is 13.2 Å². The second-order valence-corrected chi connectivity index (χ2v) is 1.46. The van der Waals surface area contributed by atoms with Crippen LogP contribution >= 0.6 is 0 Å². The summed E-state index contributed by atoms with van der Waals surface area (Å²) in [7, 11) is 0. The van der Waals surface area contributed by atoms with E-state index in [2.05, 4.69) is 4.74 Å². The second kappa shape index (κ2) is 2.13. The van der Waals surface area contributed by atoms with Crippen molar-refractivity contribution in [2.24, 2.45) is 0 Å². The van der Waals surface area contributed by atoms with E-state index in [0.29, 0.717) is 6.92 Å². The van der Waals surface area contributed by atoms with E-state index in [1.165, 1.54) is 0 Å². The van der Waals surface area contributed by atoms with E-state index < -0.39 is 12.3 Å². The molecular formula is C3H5F3O3. The molecule has 0 rings (SSSR count). The third kappa shape index (κ3) is 7.67. The van der Waals surface area contributed by atoms with Gasteiger partial charge in [-0.1, -0.05) is 0 Å². The lowest BCUT2D eigenvalue weighted by Gasteiger charge is -2.16. The van der Waals surface area contributed by atoms with Gasteiger partial charge in [-0.25, -0.2) is 4.74 Å². The summed E-state index contributed by atoms with van der Waals surface area (Å²) < 4.78 is 36.6. The van der Waals surface area contributed by atoms with Crippen LogP contribution in [0.15, 0.2) is 0 Å². The fourth-order valence-corrected chi connectivity index (χ4v) is 0.224. The molecule has 0 heterocycles. The molecule has 0 amide bonds. The van der Waals surface area contributed by atoms with Crippen LogP contribution in [0.1, 0.15) is 6.92 Å². The largest absolute Gasteiger partial charge is 0.487 e. The summed E-state index contributed by atoms with van der Waals surface area (Å²) >= 11 is 0. The molecule has 2 N–H and O–H groups in total. The molecule has 0 aromatic heterocycles. The first-order valence-corrected chi connectivity index (χ1v) is 1.92. The van der Waals surface area contributed by atoms with E-state index in [1.807, 2.05) is 0 Å². The van der Waals surface area contributed by atoms with Crippen molar-refractivity contribution in [3.8, 4) is 0 Å². The minimum Gasteiger partial charge on any atom is -0.340 e. The lowest BCUT2D eigenvalue weighted by atomic mass is 10.7. The molecule has 9 heavy (non-hydrogen) atoms. The van der Waals surface area contributed by atoms with Gasteiger partial charge in [0.05, 0.1) is 0 Å². The number of hydrogen-bond acceptors (Lipinski definition) is 3. The van der Waals surface area contributed by atoms with E-state index in [-0.39, 0.29) is 0 Å². The lowest BCUT2D eigenvalue weighted by Crippen LogP contribution is -2.33. The van der Waals surface area contributed by atoms with Gasteiger partial charge < -0.3 is 10.2 Å². The summed E-state index contributed by atoms with van der Waals surface area (Å²) in [6.45, 7) is 0.317. The zero-order valence-corrected chi connectivity index (χ0v) is 4.44. The normalized spacial score (nSPS) is 19.3. The summed E-state index contributed by atoms with van der Waals surface area (Å²) in [5.41, 5.74) is 0. The summed E-state index contributed by atoms with van der Waals surface area (Å²) in [5, 5.41) is 15.2. The van der Waals surface area contributed by atoms with Crippen molar-refractivity contribution in [2.75, 3.05) is 0 Å². The van der Waals surface area contributed by atoms with Crippen molar-refractivity contribution in [1.82, 2.24) is 0 Å². The molecule has 0 aliphatic heterocycles. The molecule has 1 atom stereocenters. The van der Waals surface area contributed by atoms with Gasteiger partial charge in [0, 0.05) is 6.92 Å². The zero-order valence-electron chi connectivity index (χ0n) is 4.44. The summed E-state index contributed by atoms with van der Waals surface area (Å²) in [6.07, 6.45) is -4.64. The molecule has 3 nitrogen and oxygen atoms in total. The predicted octanol–water partition coefficient (Wildman–Crippen LogP) is 0.181. The van der Waals surface area contributed by atoms with Gasteiger partial charge >= 0.3 is 12.3 Å². The minimum absolute atomic E-state index is 0.317. The van der Waals surface area contributed by atoms with Crippen LogP contribution in [0, 0.1) is 0 Å². The van der Waals surface area contributed by atoms with Crippen LogP contribution in [-0.2, 0) is 4.74 Å². The van der Waals surface area contributed by atoms with Gasteiger partial charge in [0.25, 0.3) is 0 Å². The Bertz CT molecular complexity index is 79.5. The van der Waals surface area contributed by atoms with E-state index >= 15 is 0 Å². The molecule has 0 aliphatic rings. The van der Waals surface area contributed by atoms with Gasteiger partial charge in [0.2, 0.25) is 0 Å². The number of aliphatic hydroxyl groups is 2. The van der Waals surface area contributed by atoms with Crippen molar-refractivity contribution >= 4 is 0 Å². The molecule has 0 bridgehead atoms. The molecule has 1 unspecified atom stereocenters. The molecule has 0 spiro atoms. The maximum absolute atomic E-state index is 11.6. The van der Waals surface area contributed by atoms with Crippen molar-refractivity contribution in [3.63, 3.8) is 0 Å². The van der Waals surface area contributed by atoms with Crippen LogP contribution in [-0.4, -0.2) is 22.5 Å². The van der Waals surface area contributed by atoms with Crippen molar-refractivity contribution in [3.05, 3.63) is 0 Å². The minimum atomic E-state index is -4.64. The fraction of sp³-hybridized carbons (Fsp3) is 1.00. The van der Waals surface area contributed by atoms with Crippen LogP contribution in [0.25, 0.3) is 0 Å². The van der Waals surface area contributed by atoms with Gasteiger partial charge in [0.1, 0.15) is 0 Å². The predicted molar refractivity (Wildman–Crippen MR) is 20.0 cm³/mol. The Morgan fingerprint density at radius 3 is 1.56 bits per heavy atom. The molecule has 0 fully saturated rings. The molecule has 0 saturated heterocycles. The maximum Gasteiger partial charge on any atom is 0.487 e. The zero-order chi connectivity index (χ0) is 7.71. The highest BCUT2D eigenvalue weighted by molar-refractivity contribution is 4.37. The third-order valence-electron chi connectivity index (χ3n) is 0.309. The Morgan fingerprint density at radius 1 is 1.22 bits per heavy atom. The number of alkyl halides is 3. The topological polar surface area (TPSA) is 49.7 Å². The van der Waals surface area contributed by atoms with Crippen LogP contribution < -0.4 is 0 Å². The van der Waals surface area contributed by atoms with Crippen LogP contribution in [0.3, 0.4) is 0 Å². The van der Waals surface area contributed by atoms with Gasteiger partial charge in [-0.3, -0.25) is 0 Å². The molecule has 6 heteroatoms. The first kappa shape index (κ1) is 8.67. The fourth-order valence-electron chi connectivity index (χ4n) is 0.224. The Hall–Kier alpha value is -0.330. The number of halogens is 3.